The second kappa shape index (κ2) is 4.84. The van der Waals surface area contributed by atoms with Gasteiger partial charge < -0.3 is 5.32 Å². The van der Waals surface area contributed by atoms with Crippen LogP contribution in [0.1, 0.15) is 11.1 Å². The summed E-state index contributed by atoms with van der Waals surface area (Å²) >= 11 is 0. The summed E-state index contributed by atoms with van der Waals surface area (Å²) < 4.78 is 0. The highest BCUT2D eigenvalue weighted by atomic mass is 16.2. The number of anilines is 2. The van der Waals surface area contributed by atoms with Crippen LogP contribution in [0.3, 0.4) is 0 Å². The molecule has 3 heterocycles. The predicted molar refractivity (Wildman–Crippen MR) is 99.4 cm³/mol. The van der Waals surface area contributed by atoms with E-state index in [4.69, 9.17) is 13.1 Å². The van der Waals surface area contributed by atoms with Crippen molar-refractivity contribution in [2.75, 3.05) is 10.2 Å². The first kappa shape index (κ1) is 15.4. The number of fused-ring (bicyclic) bond motifs is 5. The van der Waals surface area contributed by atoms with Gasteiger partial charge in [0.15, 0.2) is 0 Å². The topological polar surface area (TPSA) is 58.1 Å². The highest BCUT2D eigenvalue weighted by Crippen LogP contribution is 2.58. The van der Waals surface area contributed by atoms with Crippen molar-refractivity contribution in [2.45, 2.75) is 17.1 Å². The molecule has 0 saturated carbocycles. The molecule has 0 bridgehead atoms. The molecule has 2 atom stereocenters. The Kier molecular flexibility index (Phi) is 2.75. The van der Waals surface area contributed by atoms with E-state index in [0.29, 0.717) is 16.9 Å². The molecule has 2 unspecified atom stereocenters. The summed E-state index contributed by atoms with van der Waals surface area (Å²) in [6, 6.07) is 13.3. The van der Waals surface area contributed by atoms with Gasteiger partial charge in [0.25, 0.3) is 11.8 Å². The molecule has 0 aliphatic carbocycles. The summed E-state index contributed by atoms with van der Waals surface area (Å²) in [5.74, 6) is -1.14. The first-order valence-electron chi connectivity index (χ1n) is 8.41. The fourth-order valence-electron chi connectivity index (χ4n) is 4.55. The van der Waals surface area contributed by atoms with Crippen molar-refractivity contribution in [1.82, 2.24) is 0 Å². The van der Waals surface area contributed by atoms with E-state index in [9.17, 15) is 9.59 Å². The maximum atomic E-state index is 13.8. The molecular weight excluding hydrogens is 340 g/mol. The van der Waals surface area contributed by atoms with E-state index in [1.54, 1.807) is 42.5 Å². The lowest BCUT2D eigenvalue weighted by atomic mass is 9.70. The van der Waals surface area contributed by atoms with Gasteiger partial charge in [-0.05, 0) is 23.8 Å². The van der Waals surface area contributed by atoms with Crippen LogP contribution in [0.5, 0.6) is 0 Å². The van der Waals surface area contributed by atoms with Crippen LogP contribution >= 0.6 is 0 Å². The molecule has 1 fully saturated rings. The molecule has 6 heteroatoms. The van der Waals surface area contributed by atoms with Crippen molar-refractivity contribution >= 4 is 29.3 Å². The molecule has 0 radical (unpaired) electrons. The molecule has 0 aromatic heterocycles. The molecule has 1 saturated heterocycles. The molecule has 27 heavy (non-hydrogen) atoms. The van der Waals surface area contributed by atoms with Crippen molar-refractivity contribution in [1.29, 1.82) is 0 Å². The third kappa shape index (κ3) is 1.46. The summed E-state index contributed by atoms with van der Waals surface area (Å²) in [6.07, 6.45) is 3.51. The first-order chi connectivity index (χ1) is 13.1. The monoisotopic (exact) mass is 352 g/mol. The summed E-state index contributed by atoms with van der Waals surface area (Å²) in [7, 11) is 0. The zero-order valence-electron chi connectivity index (χ0n) is 14.0. The van der Waals surface area contributed by atoms with Crippen molar-refractivity contribution in [2.24, 2.45) is 0 Å². The van der Waals surface area contributed by atoms with Crippen LogP contribution in [0, 0.1) is 13.1 Å². The molecule has 5 rings (SSSR count). The zero-order valence-corrected chi connectivity index (χ0v) is 14.0. The SMILES string of the molecule is [C-]#[N+]C1([N+]#[C-])C2C=Cc3ccccc3N2C(=O)C12C(=O)Nc1ccccc12. The molecule has 2 amide bonds. The Morgan fingerprint density at radius 1 is 1.00 bits per heavy atom. The van der Waals surface area contributed by atoms with Crippen molar-refractivity contribution in [3.63, 3.8) is 0 Å². The quantitative estimate of drug-likeness (QED) is 0.585. The van der Waals surface area contributed by atoms with E-state index < -0.39 is 28.9 Å². The number of nitrogens with one attached hydrogen (secondary N) is 1. The lowest BCUT2D eigenvalue weighted by Crippen LogP contribution is -2.55. The van der Waals surface area contributed by atoms with Crippen LogP contribution in [-0.2, 0) is 15.0 Å². The number of amides is 2. The fraction of sp³-hybridized carbons (Fsp3) is 0.143. The Morgan fingerprint density at radius 3 is 2.48 bits per heavy atom. The Balaban J connectivity index is 1.89. The standard InChI is InChI=1S/C21H12N4O2/c1-22-21(23-2)17-12-11-13-7-3-6-10-16(13)25(17)19(27)20(21)14-8-4-5-9-15(14)24-18(20)26/h3-12,17H,(H,24,26). The van der Waals surface area contributed by atoms with Gasteiger partial charge in [0, 0.05) is 11.3 Å². The predicted octanol–water partition coefficient (Wildman–Crippen LogP) is 2.85. The van der Waals surface area contributed by atoms with Crippen LogP contribution in [0.15, 0.2) is 54.6 Å². The number of hydrogen-bond donors (Lipinski definition) is 1. The van der Waals surface area contributed by atoms with E-state index >= 15 is 0 Å². The van der Waals surface area contributed by atoms with Gasteiger partial charge in [-0.3, -0.25) is 14.5 Å². The minimum Gasteiger partial charge on any atom is -0.324 e. The number of nitrogens with zero attached hydrogens (tertiary/aromatic N) is 3. The molecule has 6 nitrogen and oxygen atoms in total. The van der Waals surface area contributed by atoms with Crippen LogP contribution < -0.4 is 10.2 Å². The third-order valence-corrected chi connectivity index (χ3v) is 5.70. The third-order valence-electron chi connectivity index (χ3n) is 5.70. The number of benzene rings is 2. The highest BCUT2D eigenvalue weighted by molar-refractivity contribution is 6.29. The highest BCUT2D eigenvalue weighted by Gasteiger charge is 2.87. The fourth-order valence-corrected chi connectivity index (χ4v) is 4.55. The van der Waals surface area contributed by atoms with Crippen molar-refractivity contribution in [3.05, 3.63) is 88.6 Å². The van der Waals surface area contributed by atoms with E-state index in [-0.39, 0.29) is 0 Å². The molecule has 128 valence electrons. The van der Waals surface area contributed by atoms with E-state index in [2.05, 4.69) is 15.0 Å². The second-order valence-electron chi connectivity index (χ2n) is 6.74. The number of carbonyl (C=O) groups is 2. The summed E-state index contributed by atoms with van der Waals surface area (Å²) in [4.78, 5) is 35.7. The van der Waals surface area contributed by atoms with Crippen LogP contribution in [0.4, 0.5) is 11.4 Å². The van der Waals surface area contributed by atoms with Crippen LogP contribution in [0.2, 0.25) is 0 Å². The number of hydrogen-bond acceptors (Lipinski definition) is 2. The van der Waals surface area contributed by atoms with Gasteiger partial charge in [0.1, 0.15) is 0 Å². The summed E-state index contributed by atoms with van der Waals surface area (Å²) in [6.45, 7) is 15.8. The van der Waals surface area contributed by atoms with Gasteiger partial charge in [-0.25, -0.2) is 22.8 Å². The number of carbonyl (C=O) groups excluding carboxylic acids is 2. The van der Waals surface area contributed by atoms with Gasteiger partial charge in [0.05, 0.1) is 5.69 Å². The molecule has 3 aliphatic rings. The van der Waals surface area contributed by atoms with Crippen molar-refractivity contribution < 1.29 is 9.59 Å². The average molecular weight is 352 g/mol. The maximum absolute atomic E-state index is 13.8. The van der Waals surface area contributed by atoms with E-state index in [1.165, 1.54) is 4.90 Å². The normalized spacial score (nSPS) is 26.0. The maximum Gasteiger partial charge on any atom is 0.535 e. The lowest BCUT2D eigenvalue weighted by Gasteiger charge is -2.26. The minimum atomic E-state index is -1.91. The second-order valence-corrected chi connectivity index (χ2v) is 6.74. The molecule has 1 N–H and O–H groups in total. The molecular formula is C21H12N4O2. The van der Waals surface area contributed by atoms with Gasteiger partial charge in [-0.2, -0.15) is 0 Å². The smallest absolute Gasteiger partial charge is 0.324 e. The van der Waals surface area contributed by atoms with Gasteiger partial charge >= 0.3 is 11.1 Å². The number of para-hydroxylation sites is 2. The van der Waals surface area contributed by atoms with Gasteiger partial charge in [-0.1, -0.05) is 42.5 Å². The largest absolute Gasteiger partial charge is 0.535 e. The van der Waals surface area contributed by atoms with Crippen LogP contribution in [0.25, 0.3) is 15.8 Å². The lowest BCUT2D eigenvalue weighted by molar-refractivity contribution is -0.131. The molecule has 3 aliphatic heterocycles. The molecule has 2 aromatic rings. The van der Waals surface area contributed by atoms with Crippen LogP contribution in [-0.4, -0.2) is 23.5 Å². The van der Waals surface area contributed by atoms with E-state index in [0.717, 1.165) is 5.56 Å². The summed E-state index contributed by atoms with van der Waals surface area (Å²) in [5.41, 5.74) is -1.50. The zero-order chi connectivity index (χ0) is 18.8. The molecule has 2 aromatic carbocycles. The average Bonchev–Trinajstić information content (AvgIpc) is 3.13. The van der Waals surface area contributed by atoms with E-state index in [1.807, 2.05) is 18.2 Å². The van der Waals surface area contributed by atoms with Gasteiger partial charge in [0.2, 0.25) is 6.04 Å². The van der Waals surface area contributed by atoms with Gasteiger partial charge in [-0.15, -0.1) is 0 Å². The number of rotatable bonds is 0. The Bertz CT molecular complexity index is 1140. The minimum absolute atomic E-state index is 0.396. The Morgan fingerprint density at radius 2 is 1.70 bits per heavy atom. The molecule has 1 spiro atoms. The Hall–Kier alpha value is -3.90. The summed E-state index contributed by atoms with van der Waals surface area (Å²) in [5, 5.41) is 2.72. The Labute approximate surface area is 155 Å². The van der Waals surface area contributed by atoms with Crippen molar-refractivity contribution in [3.8, 4) is 0 Å². The first-order valence-corrected chi connectivity index (χ1v) is 8.41.